The summed E-state index contributed by atoms with van der Waals surface area (Å²) in [6, 6.07) is 11.2. The molecule has 172 valence electrons. The second-order valence-electron chi connectivity index (χ2n) is 6.67. The summed E-state index contributed by atoms with van der Waals surface area (Å²) in [4.78, 5) is 12.3. The Morgan fingerprint density at radius 2 is 1.19 bits per heavy atom. The Labute approximate surface area is 206 Å². The molecule has 0 aromatic heterocycles. The van der Waals surface area contributed by atoms with Gasteiger partial charge in [-0.2, -0.15) is 0 Å². The van der Waals surface area contributed by atoms with E-state index in [2.05, 4.69) is 31.9 Å². The molecule has 0 bridgehead atoms. The third-order valence-corrected chi connectivity index (χ3v) is 5.45. The smallest absolute Gasteiger partial charge is 0.178 e. The lowest BCUT2D eigenvalue weighted by Gasteiger charge is -2.10. The summed E-state index contributed by atoms with van der Waals surface area (Å²) in [6.45, 7) is 1.21. The number of rotatable bonds is 14. The van der Waals surface area contributed by atoms with Crippen molar-refractivity contribution in [2.75, 3.05) is 38.1 Å². The number of alkyl halides is 2. The van der Waals surface area contributed by atoms with Crippen molar-refractivity contribution in [3.05, 3.63) is 59.7 Å². The maximum Gasteiger partial charge on any atom is 0.178 e. The molecule has 0 fully saturated rings. The molecule has 5 nitrogen and oxygen atoms in total. The van der Waals surface area contributed by atoms with Gasteiger partial charge in [0.15, 0.2) is 28.8 Å². The fourth-order valence-electron chi connectivity index (χ4n) is 2.70. The third-order valence-electron chi connectivity index (χ3n) is 4.33. The van der Waals surface area contributed by atoms with Gasteiger partial charge in [0.05, 0.1) is 27.4 Å². The molecule has 0 aliphatic heterocycles. The number of benzene rings is 2. The number of carbonyl (C=O) groups is 1. The summed E-state index contributed by atoms with van der Waals surface area (Å²) in [7, 11) is 3.20. The van der Waals surface area contributed by atoms with Gasteiger partial charge in [0.2, 0.25) is 0 Å². The first-order valence-corrected chi connectivity index (χ1v) is 12.5. The Morgan fingerprint density at radius 1 is 0.750 bits per heavy atom. The average molecular weight is 568 g/mol. The quantitative estimate of drug-likeness (QED) is 0.152. The summed E-state index contributed by atoms with van der Waals surface area (Å²) in [5.41, 5.74) is 1.70. The molecule has 0 unspecified atom stereocenters. The summed E-state index contributed by atoms with van der Waals surface area (Å²) >= 11 is 6.76. The van der Waals surface area contributed by atoms with Gasteiger partial charge in [-0.3, -0.25) is 4.79 Å². The molecule has 7 heteroatoms. The van der Waals surface area contributed by atoms with Crippen molar-refractivity contribution < 1.29 is 23.7 Å². The minimum atomic E-state index is -0.127. The lowest BCUT2D eigenvalue weighted by Crippen LogP contribution is -2.00. The van der Waals surface area contributed by atoms with Crippen LogP contribution >= 0.6 is 31.9 Å². The summed E-state index contributed by atoms with van der Waals surface area (Å²) in [5, 5.41) is 1.77. The van der Waals surface area contributed by atoms with E-state index in [1.54, 1.807) is 26.4 Å². The van der Waals surface area contributed by atoms with Crippen molar-refractivity contribution in [3.8, 4) is 23.0 Å². The largest absolute Gasteiger partial charge is 0.493 e. The van der Waals surface area contributed by atoms with Crippen LogP contribution in [0, 0.1) is 0 Å². The standard InChI is InChI=1S/C25H28Br2O5/c1-29-24-17-19(7-11-22(24)31-15-3-13-26)5-9-21(28)10-6-20-8-12-23(25(18-20)30-2)32-16-4-14-27/h5-12,17-18H,3-4,13-16H2,1-2H3. The molecule has 2 aromatic rings. The van der Waals surface area contributed by atoms with Crippen LogP contribution in [0.5, 0.6) is 23.0 Å². The first-order chi connectivity index (χ1) is 15.6. The first-order valence-electron chi connectivity index (χ1n) is 10.2. The molecule has 0 N–H and O–H groups in total. The maximum absolute atomic E-state index is 12.3. The van der Waals surface area contributed by atoms with Crippen molar-refractivity contribution in [2.45, 2.75) is 12.8 Å². The predicted octanol–water partition coefficient (Wildman–Crippen LogP) is 6.33. The molecule has 32 heavy (non-hydrogen) atoms. The second kappa shape index (κ2) is 14.7. The molecule has 2 aromatic carbocycles. The van der Waals surface area contributed by atoms with Crippen molar-refractivity contribution >= 4 is 49.8 Å². The predicted molar refractivity (Wildman–Crippen MR) is 137 cm³/mol. The highest BCUT2D eigenvalue weighted by Gasteiger charge is 2.06. The van der Waals surface area contributed by atoms with Gasteiger partial charge in [-0.1, -0.05) is 56.1 Å². The van der Waals surface area contributed by atoms with Crippen molar-refractivity contribution in [2.24, 2.45) is 0 Å². The van der Waals surface area contributed by atoms with E-state index in [0.29, 0.717) is 36.2 Å². The van der Waals surface area contributed by atoms with Crippen LogP contribution in [0.25, 0.3) is 12.2 Å². The van der Waals surface area contributed by atoms with Crippen LogP contribution < -0.4 is 18.9 Å². The third kappa shape index (κ3) is 8.71. The molecular formula is C25H28Br2O5. The number of halogens is 2. The fourth-order valence-corrected chi connectivity index (χ4v) is 3.16. The van der Waals surface area contributed by atoms with E-state index in [1.807, 2.05) is 36.4 Å². The average Bonchev–Trinajstić information content (AvgIpc) is 2.82. The zero-order chi connectivity index (χ0) is 23.2. The highest BCUT2D eigenvalue weighted by Crippen LogP contribution is 2.30. The molecule has 0 amide bonds. The van der Waals surface area contributed by atoms with E-state index in [-0.39, 0.29) is 5.78 Å². The molecule has 0 spiro atoms. The number of methoxy groups -OCH3 is 2. The Morgan fingerprint density at radius 3 is 1.56 bits per heavy atom. The molecular weight excluding hydrogens is 540 g/mol. The van der Waals surface area contributed by atoms with Gasteiger partial charge >= 0.3 is 0 Å². The van der Waals surface area contributed by atoms with Crippen molar-refractivity contribution in [1.82, 2.24) is 0 Å². The molecule has 0 radical (unpaired) electrons. The molecule has 0 atom stereocenters. The van der Waals surface area contributed by atoms with Crippen LogP contribution in [0.2, 0.25) is 0 Å². The van der Waals surface area contributed by atoms with E-state index in [1.165, 1.54) is 12.2 Å². The zero-order valence-corrected chi connectivity index (χ0v) is 21.5. The molecule has 0 heterocycles. The van der Waals surface area contributed by atoms with E-state index in [4.69, 9.17) is 18.9 Å². The number of ketones is 1. The zero-order valence-electron chi connectivity index (χ0n) is 18.3. The van der Waals surface area contributed by atoms with Crippen molar-refractivity contribution in [3.63, 3.8) is 0 Å². The minimum absolute atomic E-state index is 0.127. The normalized spacial score (nSPS) is 11.1. The van der Waals surface area contributed by atoms with Gasteiger partial charge in [0, 0.05) is 10.7 Å². The van der Waals surface area contributed by atoms with Crippen LogP contribution in [-0.4, -0.2) is 43.9 Å². The van der Waals surface area contributed by atoms with Crippen LogP contribution in [0.1, 0.15) is 24.0 Å². The van der Waals surface area contributed by atoms with Gasteiger partial charge in [-0.15, -0.1) is 0 Å². The molecule has 0 saturated heterocycles. The Balaban J connectivity index is 2.00. The second-order valence-corrected chi connectivity index (χ2v) is 8.26. The monoisotopic (exact) mass is 566 g/mol. The maximum atomic E-state index is 12.3. The van der Waals surface area contributed by atoms with Crippen LogP contribution in [0.4, 0.5) is 0 Å². The Hall–Kier alpha value is -2.25. The van der Waals surface area contributed by atoms with E-state index >= 15 is 0 Å². The number of allylic oxidation sites excluding steroid dienone is 2. The number of carbonyl (C=O) groups excluding carboxylic acids is 1. The van der Waals surface area contributed by atoms with Crippen molar-refractivity contribution in [1.29, 1.82) is 0 Å². The lowest BCUT2D eigenvalue weighted by atomic mass is 10.1. The number of hydrogen-bond acceptors (Lipinski definition) is 5. The van der Waals surface area contributed by atoms with Gasteiger partial charge in [-0.05, 0) is 60.4 Å². The SMILES string of the molecule is COc1cc(C=CC(=O)C=Cc2ccc(OCCCBr)c(OC)c2)ccc1OCCCBr. The van der Waals surface area contributed by atoms with Gasteiger partial charge < -0.3 is 18.9 Å². The van der Waals surface area contributed by atoms with E-state index < -0.39 is 0 Å². The topological polar surface area (TPSA) is 54.0 Å². The molecule has 0 aliphatic rings. The number of ether oxygens (including phenoxy) is 4. The summed E-state index contributed by atoms with van der Waals surface area (Å²) in [6.07, 6.45) is 8.35. The number of hydrogen-bond donors (Lipinski definition) is 0. The Bertz CT molecular complexity index is 851. The van der Waals surface area contributed by atoms with Gasteiger partial charge in [0.25, 0.3) is 0 Å². The van der Waals surface area contributed by atoms with Crippen LogP contribution in [0.3, 0.4) is 0 Å². The fraction of sp³-hybridized carbons (Fsp3) is 0.320. The molecule has 0 saturated carbocycles. The van der Waals surface area contributed by atoms with E-state index in [9.17, 15) is 4.79 Å². The van der Waals surface area contributed by atoms with E-state index in [0.717, 1.165) is 34.6 Å². The summed E-state index contributed by atoms with van der Waals surface area (Å²) in [5.74, 6) is 2.51. The Kier molecular flexibility index (Phi) is 12.0. The van der Waals surface area contributed by atoms with Crippen LogP contribution in [0.15, 0.2) is 48.6 Å². The molecule has 0 aliphatic carbocycles. The minimum Gasteiger partial charge on any atom is -0.493 e. The van der Waals surface area contributed by atoms with Crippen LogP contribution in [-0.2, 0) is 4.79 Å². The highest BCUT2D eigenvalue weighted by molar-refractivity contribution is 9.09. The highest BCUT2D eigenvalue weighted by atomic mass is 79.9. The first kappa shape index (κ1) is 26.0. The van der Waals surface area contributed by atoms with Gasteiger partial charge in [-0.25, -0.2) is 0 Å². The molecule has 2 rings (SSSR count). The lowest BCUT2D eigenvalue weighted by molar-refractivity contribution is -0.110. The van der Waals surface area contributed by atoms with Gasteiger partial charge in [0.1, 0.15) is 0 Å². The summed E-state index contributed by atoms with van der Waals surface area (Å²) < 4.78 is 22.2.